The maximum absolute atomic E-state index is 13.5. The van der Waals surface area contributed by atoms with Gasteiger partial charge in [0.25, 0.3) is 0 Å². The highest BCUT2D eigenvalue weighted by atomic mass is 35.5. The average Bonchev–Trinajstić information content (AvgIpc) is 2.87. The molecule has 0 fully saturated rings. The van der Waals surface area contributed by atoms with Gasteiger partial charge >= 0.3 is 0 Å². The van der Waals surface area contributed by atoms with E-state index in [2.05, 4.69) is 0 Å². The molecule has 0 radical (unpaired) electrons. The van der Waals surface area contributed by atoms with E-state index in [9.17, 15) is 22.0 Å². The summed E-state index contributed by atoms with van der Waals surface area (Å²) in [5.74, 6) is -9.91. The van der Waals surface area contributed by atoms with Crippen molar-refractivity contribution in [2.24, 2.45) is 0 Å². The van der Waals surface area contributed by atoms with Crippen LogP contribution in [0.15, 0.2) is 17.5 Å². The number of halogens is 6. The van der Waals surface area contributed by atoms with E-state index in [1.807, 2.05) is 0 Å². The third kappa shape index (κ3) is 2.60. The molecule has 1 unspecified atom stereocenters. The Morgan fingerprint density at radius 2 is 1.47 bits per heavy atom. The molecule has 0 amide bonds. The van der Waals surface area contributed by atoms with Crippen molar-refractivity contribution in [3.8, 4) is 0 Å². The van der Waals surface area contributed by atoms with Gasteiger partial charge in [-0.25, -0.2) is 22.0 Å². The molecular weight excluding hydrogens is 307 g/mol. The van der Waals surface area contributed by atoms with Crippen molar-refractivity contribution < 1.29 is 22.0 Å². The molecule has 0 saturated heterocycles. The average molecular weight is 313 g/mol. The van der Waals surface area contributed by atoms with Crippen LogP contribution in [0.5, 0.6) is 0 Å². The molecular formula is C12H6ClF5S. The van der Waals surface area contributed by atoms with Crippen LogP contribution in [0, 0.1) is 29.1 Å². The first-order chi connectivity index (χ1) is 8.93. The second-order valence-electron chi connectivity index (χ2n) is 3.73. The summed E-state index contributed by atoms with van der Waals surface area (Å²) in [7, 11) is 0. The van der Waals surface area contributed by atoms with Crippen LogP contribution in [0.1, 0.15) is 15.8 Å². The largest absolute Gasteiger partial charge is 0.203 e. The zero-order chi connectivity index (χ0) is 14.2. The molecule has 0 aliphatic rings. The van der Waals surface area contributed by atoms with Gasteiger partial charge in [-0.3, -0.25) is 0 Å². The molecule has 19 heavy (non-hydrogen) atoms. The molecule has 0 N–H and O–H groups in total. The Labute approximate surface area is 114 Å². The number of alkyl halides is 1. The molecule has 2 rings (SSSR count). The van der Waals surface area contributed by atoms with Gasteiger partial charge in [0.15, 0.2) is 23.3 Å². The summed E-state index contributed by atoms with van der Waals surface area (Å²) in [6.45, 7) is 0. The fourth-order valence-corrected chi connectivity index (χ4v) is 2.81. The van der Waals surface area contributed by atoms with Gasteiger partial charge in [0.2, 0.25) is 5.82 Å². The third-order valence-electron chi connectivity index (χ3n) is 2.52. The predicted octanol–water partition coefficient (Wildman–Crippen LogP) is 4.97. The number of rotatable bonds is 3. The van der Waals surface area contributed by atoms with Crippen LogP contribution < -0.4 is 0 Å². The summed E-state index contributed by atoms with van der Waals surface area (Å²) in [5, 5.41) is 0.389. The molecule has 0 aliphatic heterocycles. The zero-order valence-electron chi connectivity index (χ0n) is 9.19. The Morgan fingerprint density at radius 1 is 0.947 bits per heavy atom. The Hall–Kier alpha value is -1.14. The van der Waals surface area contributed by atoms with Crippen molar-refractivity contribution in [2.45, 2.75) is 11.8 Å². The zero-order valence-corrected chi connectivity index (χ0v) is 10.8. The first-order valence-electron chi connectivity index (χ1n) is 5.11. The molecule has 0 saturated carbocycles. The van der Waals surface area contributed by atoms with E-state index in [0.717, 1.165) is 0 Å². The SMILES string of the molecule is Fc1c(F)c(F)c(C(Cl)Cc2cccs2)c(F)c1F. The minimum atomic E-state index is -2.18. The van der Waals surface area contributed by atoms with Gasteiger partial charge < -0.3 is 0 Å². The monoisotopic (exact) mass is 312 g/mol. The Bertz CT molecular complexity index is 568. The Morgan fingerprint density at radius 3 is 1.95 bits per heavy atom. The molecule has 1 heterocycles. The second kappa shape index (κ2) is 5.46. The summed E-state index contributed by atoms with van der Waals surface area (Å²) < 4.78 is 65.9. The predicted molar refractivity (Wildman–Crippen MR) is 62.8 cm³/mol. The topological polar surface area (TPSA) is 0 Å². The van der Waals surface area contributed by atoms with Crippen molar-refractivity contribution >= 4 is 22.9 Å². The van der Waals surface area contributed by atoms with Gasteiger partial charge in [-0.1, -0.05) is 6.07 Å². The lowest BCUT2D eigenvalue weighted by Crippen LogP contribution is -2.10. The van der Waals surface area contributed by atoms with Gasteiger partial charge in [0, 0.05) is 16.9 Å². The summed E-state index contributed by atoms with van der Waals surface area (Å²) >= 11 is 7.05. The highest BCUT2D eigenvalue weighted by Gasteiger charge is 2.29. The normalized spacial score (nSPS) is 12.7. The third-order valence-corrected chi connectivity index (χ3v) is 3.79. The van der Waals surface area contributed by atoms with Gasteiger partial charge in [-0.2, -0.15) is 0 Å². The smallest absolute Gasteiger partial charge is 0.200 e. The first kappa shape index (κ1) is 14.3. The van der Waals surface area contributed by atoms with Gasteiger partial charge in [0.1, 0.15) is 0 Å². The lowest BCUT2D eigenvalue weighted by molar-refractivity contribution is 0.369. The molecule has 0 nitrogen and oxygen atoms in total. The van der Waals surface area contributed by atoms with E-state index in [-0.39, 0.29) is 6.42 Å². The van der Waals surface area contributed by atoms with Gasteiger partial charge in [-0.15, -0.1) is 22.9 Å². The standard InChI is InChI=1S/C12H6ClF5S/c13-6(4-5-2-1-3-19-5)7-8(14)10(16)12(18)11(17)9(7)15/h1-3,6H,4H2. The summed E-state index contributed by atoms with van der Waals surface area (Å²) in [6, 6.07) is 3.36. The summed E-state index contributed by atoms with van der Waals surface area (Å²) in [6.07, 6.45) is -0.0163. The molecule has 0 bridgehead atoms. The second-order valence-corrected chi connectivity index (χ2v) is 5.29. The Kier molecular flexibility index (Phi) is 4.10. The highest BCUT2D eigenvalue weighted by molar-refractivity contribution is 7.09. The highest BCUT2D eigenvalue weighted by Crippen LogP contribution is 2.34. The van der Waals surface area contributed by atoms with Crippen LogP contribution in [-0.2, 0) is 6.42 Å². The maximum Gasteiger partial charge on any atom is 0.200 e. The van der Waals surface area contributed by atoms with Crippen LogP contribution in [0.25, 0.3) is 0 Å². The van der Waals surface area contributed by atoms with Crippen molar-refractivity contribution in [3.63, 3.8) is 0 Å². The fourth-order valence-electron chi connectivity index (χ4n) is 1.60. The minimum Gasteiger partial charge on any atom is -0.203 e. The van der Waals surface area contributed by atoms with E-state index in [4.69, 9.17) is 11.6 Å². The molecule has 2 aromatic rings. The van der Waals surface area contributed by atoms with Crippen molar-refractivity contribution in [2.75, 3.05) is 0 Å². The minimum absolute atomic E-state index is 0.0163. The quantitative estimate of drug-likeness (QED) is 0.325. The molecule has 1 aromatic carbocycles. The number of thiophene rings is 1. The van der Waals surface area contributed by atoms with Crippen LogP contribution in [0.2, 0.25) is 0 Å². The van der Waals surface area contributed by atoms with Crippen molar-refractivity contribution in [3.05, 3.63) is 57.0 Å². The summed E-state index contributed by atoms with van der Waals surface area (Å²) in [5.41, 5.74) is -0.994. The van der Waals surface area contributed by atoms with Gasteiger partial charge in [-0.05, 0) is 11.4 Å². The molecule has 0 spiro atoms. The van der Waals surface area contributed by atoms with E-state index in [1.54, 1.807) is 17.5 Å². The number of hydrogen-bond donors (Lipinski definition) is 0. The molecule has 7 heteroatoms. The van der Waals surface area contributed by atoms with Gasteiger partial charge in [0.05, 0.1) is 5.38 Å². The number of hydrogen-bond acceptors (Lipinski definition) is 1. The van der Waals surface area contributed by atoms with E-state index in [1.165, 1.54) is 11.3 Å². The van der Waals surface area contributed by atoms with Crippen molar-refractivity contribution in [1.82, 2.24) is 0 Å². The Balaban J connectivity index is 2.44. The van der Waals surface area contributed by atoms with Crippen LogP contribution in [-0.4, -0.2) is 0 Å². The molecule has 0 aliphatic carbocycles. The van der Waals surface area contributed by atoms with E-state index in [0.29, 0.717) is 4.88 Å². The van der Waals surface area contributed by atoms with Crippen LogP contribution in [0.3, 0.4) is 0 Å². The van der Waals surface area contributed by atoms with Crippen molar-refractivity contribution in [1.29, 1.82) is 0 Å². The summed E-state index contributed by atoms with van der Waals surface area (Å²) in [4.78, 5) is 0.684. The fraction of sp³-hybridized carbons (Fsp3) is 0.167. The molecule has 1 aromatic heterocycles. The molecule has 102 valence electrons. The van der Waals surface area contributed by atoms with E-state index < -0.39 is 40.0 Å². The maximum atomic E-state index is 13.5. The van der Waals surface area contributed by atoms with E-state index >= 15 is 0 Å². The molecule has 1 atom stereocenters. The van der Waals surface area contributed by atoms with Crippen LogP contribution >= 0.6 is 22.9 Å². The van der Waals surface area contributed by atoms with Crippen LogP contribution in [0.4, 0.5) is 22.0 Å². The first-order valence-corrected chi connectivity index (χ1v) is 6.42. The number of benzene rings is 1. The lowest BCUT2D eigenvalue weighted by atomic mass is 10.1. The lowest BCUT2D eigenvalue weighted by Gasteiger charge is -2.12.